The summed E-state index contributed by atoms with van der Waals surface area (Å²) in [6.07, 6.45) is 1.73. The van der Waals surface area contributed by atoms with E-state index in [2.05, 4.69) is 27.6 Å². The number of hydrogen-bond donors (Lipinski definition) is 2. The van der Waals surface area contributed by atoms with Crippen LogP contribution in [0, 0.1) is 0 Å². The lowest BCUT2D eigenvalue weighted by Gasteiger charge is -2.29. The first-order valence-corrected chi connectivity index (χ1v) is 11.3. The molecule has 1 saturated heterocycles. The van der Waals surface area contributed by atoms with E-state index in [9.17, 15) is 4.79 Å². The molecule has 0 radical (unpaired) electrons. The smallest absolute Gasteiger partial charge is 0.323 e. The summed E-state index contributed by atoms with van der Waals surface area (Å²) >= 11 is 5.91. The van der Waals surface area contributed by atoms with Crippen LogP contribution in [0.25, 0.3) is 11.3 Å². The van der Waals surface area contributed by atoms with Crippen molar-refractivity contribution in [2.75, 3.05) is 43.5 Å². The van der Waals surface area contributed by atoms with Crippen molar-refractivity contribution in [1.82, 2.24) is 14.7 Å². The Kier molecular flexibility index (Phi) is 7.49. The number of aryl methyl sites for hydroxylation is 1. The molecule has 2 amide bonds. The molecule has 2 aromatic carbocycles. The van der Waals surface area contributed by atoms with Crippen LogP contribution >= 0.6 is 11.6 Å². The SMILES string of the molecule is CC(CN1CCOCC1)Oc1ccc(NC(=O)Nc2ccc(Cl)cc2)cc1-c1ccnn1C. The highest BCUT2D eigenvalue weighted by atomic mass is 35.5. The fraction of sp³-hybridized carbons (Fsp3) is 0.333. The third kappa shape index (κ3) is 6.25. The molecule has 3 aromatic rings. The molecule has 174 valence electrons. The number of benzene rings is 2. The van der Waals surface area contributed by atoms with Crippen LogP contribution < -0.4 is 15.4 Å². The van der Waals surface area contributed by atoms with Crippen LogP contribution in [0.3, 0.4) is 0 Å². The Balaban J connectivity index is 1.49. The van der Waals surface area contributed by atoms with Gasteiger partial charge in [0.15, 0.2) is 0 Å². The number of carbonyl (C=O) groups excluding carboxylic acids is 1. The number of morpholine rings is 1. The number of halogens is 1. The fourth-order valence-corrected chi connectivity index (χ4v) is 3.90. The van der Waals surface area contributed by atoms with E-state index in [4.69, 9.17) is 21.1 Å². The lowest BCUT2D eigenvalue weighted by atomic mass is 10.1. The molecule has 8 nitrogen and oxygen atoms in total. The quantitative estimate of drug-likeness (QED) is 0.533. The van der Waals surface area contributed by atoms with Crippen LogP contribution in [0.15, 0.2) is 54.7 Å². The average Bonchev–Trinajstić information content (AvgIpc) is 3.22. The molecule has 9 heteroatoms. The highest BCUT2D eigenvalue weighted by Crippen LogP contribution is 2.33. The van der Waals surface area contributed by atoms with Gasteiger partial charge in [0.2, 0.25) is 0 Å². The molecule has 0 spiro atoms. The molecule has 0 saturated carbocycles. The number of rotatable bonds is 7. The van der Waals surface area contributed by atoms with E-state index < -0.39 is 0 Å². The lowest BCUT2D eigenvalue weighted by molar-refractivity contribution is 0.0219. The molecule has 4 rings (SSSR count). The maximum absolute atomic E-state index is 12.5. The van der Waals surface area contributed by atoms with Gasteiger partial charge in [-0.15, -0.1) is 0 Å². The van der Waals surface area contributed by atoms with Gasteiger partial charge in [-0.05, 0) is 55.5 Å². The van der Waals surface area contributed by atoms with E-state index in [1.807, 2.05) is 31.3 Å². The monoisotopic (exact) mass is 469 g/mol. The molecule has 1 aromatic heterocycles. The number of hydrogen-bond acceptors (Lipinski definition) is 5. The number of urea groups is 1. The molecule has 1 aliphatic heterocycles. The molecular weight excluding hydrogens is 442 g/mol. The van der Waals surface area contributed by atoms with Gasteiger partial charge in [0.25, 0.3) is 0 Å². The van der Waals surface area contributed by atoms with Gasteiger partial charge in [-0.3, -0.25) is 9.58 Å². The van der Waals surface area contributed by atoms with Crippen molar-refractivity contribution in [1.29, 1.82) is 0 Å². The molecule has 33 heavy (non-hydrogen) atoms. The van der Waals surface area contributed by atoms with Gasteiger partial charge >= 0.3 is 6.03 Å². The second-order valence-electron chi connectivity index (χ2n) is 7.98. The number of anilines is 2. The summed E-state index contributed by atoms with van der Waals surface area (Å²) in [5.74, 6) is 0.739. The molecule has 1 atom stereocenters. The summed E-state index contributed by atoms with van der Waals surface area (Å²) in [4.78, 5) is 14.8. The zero-order chi connectivity index (χ0) is 23.2. The van der Waals surface area contributed by atoms with Crippen molar-refractivity contribution >= 4 is 29.0 Å². The Labute approximate surface area is 198 Å². The van der Waals surface area contributed by atoms with Crippen molar-refractivity contribution in [3.63, 3.8) is 0 Å². The van der Waals surface area contributed by atoms with Crippen molar-refractivity contribution in [3.05, 3.63) is 59.8 Å². The summed E-state index contributed by atoms with van der Waals surface area (Å²) in [6, 6.07) is 14.1. The minimum atomic E-state index is -0.345. The molecule has 1 aliphatic rings. The zero-order valence-corrected chi connectivity index (χ0v) is 19.5. The van der Waals surface area contributed by atoms with Gasteiger partial charge in [-0.2, -0.15) is 5.10 Å². The van der Waals surface area contributed by atoms with Gasteiger partial charge in [0, 0.05) is 54.8 Å². The first-order chi connectivity index (χ1) is 16.0. The molecule has 2 N–H and O–H groups in total. The Hall–Kier alpha value is -3.07. The number of carbonyl (C=O) groups is 1. The second kappa shape index (κ2) is 10.7. The van der Waals surface area contributed by atoms with E-state index in [0.717, 1.165) is 49.9 Å². The first kappa shape index (κ1) is 23.1. The molecule has 1 unspecified atom stereocenters. The van der Waals surface area contributed by atoms with Crippen LogP contribution in [-0.2, 0) is 11.8 Å². The molecule has 2 heterocycles. The molecular formula is C24H28ClN5O3. The third-order valence-electron chi connectivity index (χ3n) is 5.38. The maximum atomic E-state index is 12.5. The van der Waals surface area contributed by atoms with Crippen LogP contribution in [0.5, 0.6) is 5.75 Å². The summed E-state index contributed by atoms with van der Waals surface area (Å²) in [6.45, 7) is 6.21. The minimum Gasteiger partial charge on any atom is -0.489 e. The highest BCUT2D eigenvalue weighted by Gasteiger charge is 2.18. The van der Waals surface area contributed by atoms with Gasteiger partial charge in [0.1, 0.15) is 11.9 Å². The van der Waals surface area contributed by atoms with Gasteiger partial charge in [-0.25, -0.2) is 4.79 Å². The predicted molar refractivity (Wildman–Crippen MR) is 130 cm³/mol. The normalized spacial score (nSPS) is 15.1. The number of nitrogens with one attached hydrogen (secondary N) is 2. The number of aromatic nitrogens is 2. The van der Waals surface area contributed by atoms with Crippen molar-refractivity contribution in [2.24, 2.45) is 7.05 Å². The highest BCUT2D eigenvalue weighted by molar-refractivity contribution is 6.30. The van der Waals surface area contributed by atoms with E-state index in [1.54, 1.807) is 35.1 Å². The third-order valence-corrected chi connectivity index (χ3v) is 5.64. The van der Waals surface area contributed by atoms with Gasteiger partial charge < -0.3 is 20.1 Å². The Morgan fingerprint density at radius 3 is 2.52 bits per heavy atom. The van der Waals surface area contributed by atoms with Gasteiger partial charge in [-0.1, -0.05) is 11.6 Å². The maximum Gasteiger partial charge on any atom is 0.323 e. The van der Waals surface area contributed by atoms with E-state index in [0.29, 0.717) is 16.4 Å². The van der Waals surface area contributed by atoms with Crippen molar-refractivity contribution in [2.45, 2.75) is 13.0 Å². The number of amides is 2. The summed E-state index contributed by atoms with van der Waals surface area (Å²) in [5, 5.41) is 10.6. The molecule has 0 aliphatic carbocycles. The predicted octanol–water partition coefficient (Wildman–Crippen LogP) is 4.48. The fourth-order valence-electron chi connectivity index (χ4n) is 3.78. The van der Waals surface area contributed by atoms with E-state index in [-0.39, 0.29) is 12.1 Å². The van der Waals surface area contributed by atoms with Crippen LogP contribution in [0.2, 0.25) is 5.02 Å². The summed E-state index contributed by atoms with van der Waals surface area (Å²) in [5.41, 5.74) is 3.05. The molecule has 1 fully saturated rings. The molecule has 0 bridgehead atoms. The van der Waals surface area contributed by atoms with E-state index >= 15 is 0 Å². The second-order valence-corrected chi connectivity index (χ2v) is 8.41. The lowest BCUT2D eigenvalue weighted by Crippen LogP contribution is -2.41. The summed E-state index contributed by atoms with van der Waals surface area (Å²) in [7, 11) is 1.88. The largest absolute Gasteiger partial charge is 0.489 e. The van der Waals surface area contributed by atoms with Crippen LogP contribution in [-0.4, -0.2) is 59.7 Å². The standard InChI is InChI=1S/C24H28ClN5O3/c1-17(16-30-11-13-32-14-12-30)33-23-8-7-20(15-21(23)22-9-10-26-29(22)2)28-24(31)27-19-5-3-18(25)4-6-19/h3-10,15,17H,11-14,16H2,1-2H3,(H2,27,28,31). The van der Waals surface area contributed by atoms with Gasteiger partial charge in [0.05, 0.1) is 18.9 Å². The Morgan fingerprint density at radius 2 is 1.82 bits per heavy atom. The van der Waals surface area contributed by atoms with Crippen LogP contribution in [0.4, 0.5) is 16.2 Å². The average molecular weight is 470 g/mol. The Bertz CT molecular complexity index is 1080. The van der Waals surface area contributed by atoms with Crippen molar-refractivity contribution < 1.29 is 14.3 Å². The van der Waals surface area contributed by atoms with Crippen molar-refractivity contribution in [3.8, 4) is 17.0 Å². The zero-order valence-electron chi connectivity index (χ0n) is 18.8. The first-order valence-electron chi connectivity index (χ1n) is 10.9. The van der Waals surface area contributed by atoms with E-state index in [1.165, 1.54) is 0 Å². The summed E-state index contributed by atoms with van der Waals surface area (Å²) < 4.78 is 13.5. The number of ether oxygens (including phenoxy) is 2. The minimum absolute atomic E-state index is 0.0120. The topological polar surface area (TPSA) is 80.7 Å². The number of nitrogens with zero attached hydrogens (tertiary/aromatic N) is 3. The van der Waals surface area contributed by atoms with Crippen LogP contribution in [0.1, 0.15) is 6.92 Å². The Morgan fingerprint density at radius 1 is 1.12 bits per heavy atom.